The van der Waals surface area contributed by atoms with Gasteiger partial charge >= 0.3 is 0 Å². The van der Waals surface area contributed by atoms with Gasteiger partial charge in [-0.15, -0.1) is 11.3 Å². The van der Waals surface area contributed by atoms with Crippen molar-refractivity contribution in [1.29, 1.82) is 0 Å². The summed E-state index contributed by atoms with van der Waals surface area (Å²) in [7, 11) is 0. The molecule has 2 aliphatic carbocycles. The first kappa shape index (κ1) is 31.4. The van der Waals surface area contributed by atoms with Crippen LogP contribution in [0.1, 0.15) is 21.6 Å². The third-order valence-electron chi connectivity index (χ3n) is 11.9. The van der Waals surface area contributed by atoms with Gasteiger partial charge in [0.25, 0.3) is 0 Å². The van der Waals surface area contributed by atoms with Crippen LogP contribution in [0.5, 0.6) is 0 Å². The second-order valence-corrected chi connectivity index (χ2v) is 15.9. The van der Waals surface area contributed by atoms with Crippen LogP contribution in [-0.4, -0.2) is 9.97 Å². The molecule has 3 heteroatoms. The highest BCUT2D eigenvalue weighted by Gasteiger charge is 2.53. The molecule has 0 fully saturated rings. The molecule has 0 saturated heterocycles. The van der Waals surface area contributed by atoms with Gasteiger partial charge in [-0.1, -0.05) is 176 Å². The Kier molecular flexibility index (Phi) is 6.75. The first-order chi connectivity index (χ1) is 27.8. The lowest BCUT2D eigenvalue weighted by Crippen LogP contribution is -2.24. The van der Waals surface area contributed by atoms with Gasteiger partial charge < -0.3 is 0 Å². The van der Waals surface area contributed by atoms with Crippen LogP contribution in [0.25, 0.3) is 88.1 Å². The molecule has 0 aliphatic heterocycles. The minimum atomic E-state index is -0.413. The second kappa shape index (κ2) is 12.0. The van der Waals surface area contributed by atoms with Crippen LogP contribution in [0.3, 0.4) is 0 Å². The minimum absolute atomic E-state index is 0.413. The van der Waals surface area contributed by atoms with Crippen LogP contribution in [0.2, 0.25) is 0 Å². The highest BCUT2D eigenvalue weighted by Crippen LogP contribution is 2.66. The van der Waals surface area contributed by atoms with Crippen molar-refractivity contribution >= 4 is 32.2 Å². The molecule has 2 aliphatic rings. The van der Waals surface area contributed by atoms with Gasteiger partial charge in [0.15, 0.2) is 5.82 Å². The third-order valence-corrected chi connectivity index (χ3v) is 13.2. The second-order valence-electron chi connectivity index (χ2n) is 14.8. The topological polar surface area (TPSA) is 25.8 Å². The van der Waals surface area contributed by atoms with Gasteiger partial charge in [-0.25, -0.2) is 9.97 Å². The zero-order valence-electron chi connectivity index (χ0n) is 30.3. The fraction of sp³-hybridized carbons (Fsp3) is 0.0189. The molecule has 10 aromatic rings. The molecule has 0 bridgehead atoms. The molecule has 0 unspecified atom stereocenters. The fourth-order valence-electron chi connectivity index (χ4n) is 9.56. The Labute approximate surface area is 329 Å². The lowest BCUT2D eigenvalue weighted by molar-refractivity contribution is 0.812. The van der Waals surface area contributed by atoms with Crippen LogP contribution < -0.4 is 0 Å². The van der Waals surface area contributed by atoms with Gasteiger partial charge in [-0.2, -0.15) is 0 Å². The molecule has 0 amide bonds. The van der Waals surface area contributed by atoms with Crippen LogP contribution in [0.15, 0.2) is 194 Å². The molecule has 2 nitrogen and oxygen atoms in total. The van der Waals surface area contributed by atoms with E-state index in [1.165, 1.54) is 70.2 Å². The fourth-order valence-corrected chi connectivity index (χ4v) is 11.0. The van der Waals surface area contributed by atoms with E-state index in [1.807, 2.05) is 17.4 Å². The van der Waals surface area contributed by atoms with Crippen LogP contribution in [0.4, 0.5) is 0 Å². The highest BCUT2D eigenvalue weighted by molar-refractivity contribution is 7.20. The molecule has 1 spiro atoms. The van der Waals surface area contributed by atoms with Gasteiger partial charge in [0.05, 0.1) is 16.8 Å². The Hall–Kier alpha value is -6.94. The first-order valence-corrected chi connectivity index (χ1v) is 20.0. The number of thiophene rings is 1. The standard InChI is InChI=1S/C53H32N2S/c1-2-16-34(17-3-1)52-54-47(32-48(55-52)41-25-14-18-33-15-4-5-19-36(33)41)40-23-7-6-20-37(40)35-29-30-42-46(31-35)53(51-50(42)43-24-10-13-28-49(43)56-51)44-26-11-8-21-38(44)39-22-9-12-27-45(39)53/h1-32H. The monoisotopic (exact) mass is 728 g/mol. The number of aromatic nitrogens is 2. The van der Waals surface area contributed by atoms with Gasteiger partial charge in [-0.3, -0.25) is 0 Å². The van der Waals surface area contributed by atoms with E-state index in [0.717, 1.165) is 33.6 Å². The maximum absolute atomic E-state index is 5.32. The van der Waals surface area contributed by atoms with Crippen molar-refractivity contribution < 1.29 is 0 Å². The van der Waals surface area contributed by atoms with Gasteiger partial charge in [0.2, 0.25) is 0 Å². The molecule has 260 valence electrons. The summed E-state index contributed by atoms with van der Waals surface area (Å²) in [6.07, 6.45) is 0. The van der Waals surface area contributed by atoms with E-state index in [9.17, 15) is 0 Å². The number of rotatable bonds is 4. The SMILES string of the molecule is c1ccc(-c2nc(-c3ccccc3-c3ccc4c(c3)C3(c5ccccc5-c5ccccc53)c3sc5ccccc5c3-4)cc(-c3cccc4ccccc34)n2)cc1. The Balaban J connectivity index is 1.11. The molecule has 8 aromatic carbocycles. The maximum Gasteiger partial charge on any atom is 0.160 e. The van der Waals surface area contributed by atoms with Crippen molar-refractivity contribution in [3.05, 3.63) is 216 Å². The van der Waals surface area contributed by atoms with Crippen molar-refractivity contribution in [2.75, 3.05) is 0 Å². The number of hydrogen-bond donors (Lipinski definition) is 0. The molecule has 56 heavy (non-hydrogen) atoms. The molecule has 0 saturated carbocycles. The quantitative estimate of drug-likeness (QED) is 0.180. The Morgan fingerprint density at radius 3 is 1.75 bits per heavy atom. The van der Waals surface area contributed by atoms with Crippen molar-refractivity contribution in [2.24, 2.45) is 0 Å². The summed E-state index contributed by atoms with van der Waals surface area (Å²) >= 11 is 1.95. The third kappa shape index (κ3) is 4.38. The van der Waals surface area contributed by atoms with Gasteiger partial charge in [0, 0.05) is 37.2 Å². The average molecular weight is 729 g/mol. The predicted molar refractivity (Wildman–Crippen MR) is 233 cm³/mol. The first-order valence-electron chi connectivity index (χ1n) is 19.2. The average Bonchev–Trinajstić information content (AvgIpc) is 3.90. The van der Waals surface area contributed by atoms with Crippen LogP contribution in [-0.2, 0) is 5.41 Å². The van der Waals surface area contributed by atoms with E-state index in [1.54, 1.807) is 0 Å². The molecule has 2 aromatic heterocycles. The van der Waals surface area contributed by atoms with E-state index in [-0.39, 0.29) is 0 Å². The van der Waals surface area contributed by atoms with E-state index in [4.69, 9.17) is 9.97 Å². The number of benzene rings is 8. The van der Waals surface area contributed by atoms with E-state index < -0.39 is 5.41 Å². The predicted octanol–water partition coefficient (Wildman–Crippen LogP) is 13.9. The summed E-state index contributed by atoms with van der Waals surface area (Å²) in [6, 6.07) is 70.5. The normalized spacial score (nSPS) is 13.1. The molecular formula is C53H32N2S. The van der Waals surface area contributed by atoms with Crippen molar-refractivity contribution in [1.82, 2.24) is 9.97 Å². The molecular weight excluding hydrogens is 697 g/mol. The number of hydrogen-bond acceptors (Lipinski definition) is 3. The van der Waals surface area contributed by atoms with Crippen molar-refractivity contribution in [3.63, 3.8) is 0 Å². The lowest BCUT2D eigenvalue weighted by Gasteiger charge is -2.29. The van der Waals surface area contributed by atoms with Crippen LogP contribution in [0, 0.1) is 0 Å². The molecule has 0 atom stereocenters. The largest absolute Gasteiger partial charge is 0.228 e. The van der Waals surface area contributed by atoms with E-state index in [2.05, 4.69) is 188 Å². The summed E-state index contributed by atoms with van der Waals surface area (Å²) in [4.78, 5) is 12.0. The molecule has 12 rings (SSSR count). The summed E-state index contributed by atoms with van der Waals surface area (Å²) in [6.45, 7) is 0. The van der Waals surface area contributed by atoms with Gasteiger partial charge in [-0.05, 0) is 73.5 Å². The smallest absolute Gasteiger partial charge is 0.160 e. The van der Waals surface area contributed by atoms with Crippen molar-refractivity contribution in [3.8, 4) is 67.3 Å². The Bertz CT molecular complexity index is 3160. The number of nitrogens with zero attached hydrogens (tertiary/aromatic N) is 2. The van der Waals surface area contributed by atoms with Crippen molar-refractivity contribution in [2.45, 2.75) is 5.41 Å². The molecule has 0 radical (unpaired) electrons. The summed E-state index contributed by atoms with van der Waals surface area (Å²) < 4.78 is 1.33. The van der Waals surface area contributed by atoms with Gasteiger partial charge in [0.1, 0.15) is 0 Å². The summed E-state index contributed by atoms with van der Waals surface area (Å²) in [5, 5.41) is 3.69. The van der Waals surface area contributed by atoms with E-state index >= 15 is 0 Å². The maximum atomic E-state index is 5.32. The molecule has 0 N–H and O–H groups in total. The Morgan fingerprint density at radius 1 is 0.375 bits per heavy atom. The lowest BCUT2D eigenvalue weighted by atomic mass is 9.73. The minimum Gasteiger partial charge on any atom is -0.228 e. The Morgan fingerprint density at radius 2 is 0.964 bits per heavy atom. The highest BCUT2D eigenvalue weighted by atomic mass is 32.1. The number of fused-ring (bicyclic) bond motifs is 13. The summed E-state index contributed by atoms with van der Waals surface area (Å²) in [5.74, 6) is 0.712. The zero-order valence-corrected chi connectivity index (χ0v) is 31.1. The zero-order chi connectivity index (χ0) is 36.8. The van der Waals surface area contributed by atoms with Crippen LogP contribution >= 0.6 is 11.3 Å². The molecule has 2 heterocycles. The van der Waals surface area contributed by atoms with E-state index in [0.29, 0.717) is 5.82 Å². The summed E-state index contributed by atoms with van der Waals surface area (Å²) in [5.41, 5.74) is 16.3.